The maximum absolute atomic E-state index is 11.7. The van der Waals surface area contributed by atoms with Crippen LogP contribution in [0.1, 0.15) is 46.0 Å². The van der Waals surface area contributed by atoms with Crippen LogP contribution in [0.2, 0.25) is 0 Å². The van der Waals surface area contributed by atoms with Crippen LogP contribution in [0.25, 0.3) is 0 Å². The average Bonchev–Trinajstić information content (AvgIpc) is 2.44. The molecule has 1 heterocycles. The first-order valence-corrected chi connectivity index (χ1v) is 7.99. The number of rotatable bonds is 8. The van der Waals surface area contributed by atoms with Gasteiger partial charge in [0.05, 0.1) is 0 Å². The number of aliphatic hydroxyl groups is 1. The first-order valence-electron chi connectivity index (χ1n) is 7.99. The van der Waals surface area contributed by atoms with Crippen molar-refractivity contribution >= 4 is 6.03 Å². The Kier molecular flexibility index (Phi) is 8.62. The van der Waals surface area contributed by atoms with Gasteiger partial charge < -0.3 is 20.6 Å². The van der Waals surface area contributed by atoms with Crippen molar-refractivity contribution in [1.82, 2.24) is 15.5 Å². The van der Waals surface area contributed by atoms with E-state index in [-0.39, 0.29) is 18.7 Å². The summed E-state index contributed by atoms with van der Waals surface area (Å²) in [6, 6.07) is 0.0143. The number of likely N-dealkylation sites (tertiary alicyclic amines) is 1. The summed E-state index contributed by atoms with van der Waals surface area (Å²) in [7, 11) is 0. The predicted octanol–water partition coefficient (Wildman–Crippen LogP) is 1.57. The van der Waals surface area contributed by atoms with Gasteiger partial charge in [0, 0.05) is 25.7 Å². The van der Waals surface area contributed by atoms with Gasteiger partial charge in [-0.1, -0.05) is 13.3 Å². The van der Waals surface area contributed by atoms with Crippen LogP contribution in [0.4, 0.5) is 4.79 Å². The molecule has 5 nitrogen and oxygen atoms in total. The van der Waals surface area contributed by atoms with Crippen molar-refractivity contribution in [3.05, 3.63) is 0 Å². The molecule has 0 bridgehead atoms. The van der Waals surface area contributed by atoms with Gasteiger partial charge >= 0.3 is 6.03 Å². The molecular weight excluding hydrogens is 254 g/mol. The van der Waals surface area contributed by atoms with Crippen molar-refractivity contribution in [3.8, 4) is 0 Å². The molecule has 3 N–H and O–H groups in total. The van der Waals surface area contributed by atoms with Crippen LogP contribution in [-0.4, -0.2) is 54.9 Å². The SMILES string of the molecule is CC(CNC(=O)NC(C)CCCO)CN1CCCCC1. The summed E-state index contributed by atoms with van der Waals surface area (Å²) in [6.45, 7) is 8.52. The Hall–Kier alpha value is -0.810. The van der Waals surface area contributed by atoms with E-state index in [0.29, 0.717) is 5.92 Å². The zero-order chi connectivity index (χ0) is 14.8. The van der Waals surface area contributed by atoms with Crippen molar-refractivity contribution in [2.45, 2.75) is 52.0 Å². The molecule has 118 valence electrons. The molecule has 2 atom stereocenters. The molecular formula is C15H31N3O2. The predicted molar refractivity (Wildman–Crippen MR) is 81.8 cm³/mol. The highest BCUT2D eigenvalue weighted by molar-refractivity contribution is 5.74. The van der Waals surface area contributed by atoms with Gasteiger partial charge in [0.15, 0.2) is 0 Å². The Bertz CT molecular complexity index is 268. The van der Waals surface area contributed by atoms with E-state index >= 15 is 0 Å². The van der Waals surface area contributed by atoms with E-state index in [1.807, 2.05) is 6.92 Å². The third-order valence-corrected chi connectivity index (χ3v) is 3.80. The number of hydrogen-bond donors (Lipinski definition) is 3. The number of piperidine rings is 1. The zero-order valence-corrected chi connectivity index (χ0v) is 13.0. The Balaban J connectivity index is 2.09. The summed E-state index contributed by atoms with van der Waals surface area (Å²) in [4.78, 5) is 14.2. The van der Waals surface area contributed by atoms with Crippen molar-refractivity contribution in [2.75, 3.05) is 32.8 Å². The summed E-state index contributed by atoms with van der Waals surface area (Å²) in [5.74, 6) is 0.478. The topological polar surface area (TPSA) is 64.6 Å². The van der Waals surface area contributed by atoms with E-state index in [1.54, 1.807) is 0 Å². The largest absolute Gasteiger partial charge is 0.396 e. The standard InChI is InChI=1S/C15H31N3O2/c1-13(12-18-8-4-3-5-9-18)11-16-15(20)17-14(2)7-6-10-19/h13-14,19H,3-12H2,1-2H3,(H2,16,17,20). The van der Waals surface area contributed by atoms with Crippen LogP contribution < -0.4 is 10.6 Å². The summed E-state index contributed by atoms with van der Waals surface area (Å²) in [5, 5.41) is 14.6. The molecule has 5 heteroatoms. The first kappa shape index (κ1) is 17.2. The number of carbonyl (C=O) groups excluding carboxylic acids is 1. The number of urea groups is 1. The second kappa shape index (κ2) is 10.00. The van der Waals surface area contributed by atoms with Crippen molar-refractivity contribution < 1.29 is 9.90 Å². The Labute approximate surface area is 123 Å². The minimum Gasteiger partial charge on any atom is -0.396 e. The molecule has 1 rings (SSSR count). The molecule has 0 radical (unpaired) electrons. The van der Waals surface area contributed by atoms with Crippen molar-refractivity contribution in [2.24, 2.45) is 5.92 Å². The summed E-state index contributed by atoms with van der Waals surface area (Å²) in [5.41, 5.74) is 0. The molecule has 0 aliphatic carbocycles. The van der Waals surface area contributed by atoms with Crippen LogP contribution >= 0.6 is 0 Å². The van der Waals surface area contributed by atoms with E-state index in [4.69, 9.17) is 5.11 Å². The second-order valence-corrected chi connectivity index (χ2v) is 6.09. The highest BCUT2D eigenvalue weighted by Gasteiger charge is 2.14. The molecule has 1 aliphatic heterocycles. The average molecular weight is 285 g/mol. The monoisotopic (exact) mass is 285 g/mol. The highest BCUT2D eigenvalue weighted by Crippen LogP contribution is 2.10. The number of nitrogens with one attached hydrogen (secondary N) is 2. The fraction of sp³-hybridized carbons (Fsp3) is 0.933. The fourth-order valence-corrected chi connectivity index (χ4v) is 2.66. The summed E-state index contributed by atoms with van der Waals surface area (Å²) < 4.78 is 0. The maximum atomic E-state index is 11.7. The van der Waals surface area contributed by atoms with Crippen LogP contribution in [0, 0.1) is 5.92 Å². The Morgan fingerprint density at radius 2 is 1.95 bits per heavy atom. The molecule has 0 aromatic heterocycles. The fourth-order valence-electron chi connectivity index (χ4n) is 2.66. The molecule has 1 saturated heterocycles. The van der Waals surface area contributed by atoms with Gasteiger partial charge in [0.1, 0.15) is 0 Å². The number of aliphatic hydroxyl groups excluding tert-OH is 1. The first-order chi connectivity index (χ1) is 9.61. The summed E-state index contributed by atoms with van der Waals surface area (Å²) >= 11 is 0. The molecule has 0 spiro atoms. The molecule has 2 unspecified atom stereocenters. The number of carbonyl (C=O) groups is 1. The van der Waals surface area contributed by atoms with E-state index in [9.17, 15) is 4.79 Å². The van der Waals surface area contributed by atoms with Gasteiger partial charge in [0.25, 0.3) is 0 Å². The lowest BCUT2D eigenvalue weighted by Gasteiger charge is -2.29. The lowest BCUT2D eigenvalue weighted by molar-refractivity contribution is 0.196. The number of nitrogens with zero attached hydrogens (tertiary/aromatic N) is 1. The molecule has 0 saturated carbocycles. The molecule has 2 amide bonds. The van der Waals surface area contributed by atoms with Crippen LogP contribution in [0.3, 0.4) is 0 Å². The zero-order valence-electron chi connectivity index (χ0n) is 13.0. The third kappa shape index (κ3) is 7.70. The Morgan fingerprint density at radius 3 is 2.60 bits per heavy atom. The van der Waals surface area contributed by atoms with Gasteiger partial charge in [-0.15, -0.1) is 0 Å². The Morgan fingerprint density at radius 1 is 1.25 bits per heavy atom. The van der Waals surface area contributed by atoms with Crippen LogP contribution in [0.5, 0.6) is 0 Å². The second-order valence-electron chi connectivity index (χ2n) is 6.09. The summed E-state index contributed by atoms with van der Waals surface area (Å²) in [6.07, 6.45) is 5.52. The van der Waals surface area contributed by atoms with Gasteiger partial charge in [0.2, 0.25) is 0 Å². The molecule has 20 heavy (non-hydrogen) atoms. The number of amides is 2. The smallest absolute Gasteiger partial charge is 0.315 e. The number of hydrogen-bond acceptors (Lipinski definition) is 3. The van der Waals surface area contributed by atoms with Crippen molar-refractivity contribution in [3.63, 3.8) is 0 Å². The van der Waals surface area contributed by atoms with E-state index < -0.39 is 0 Å². The van der Waals surface area contributed by atoms with Crippen molar-refractivity contribution in [1.29, 1.82) is 0 Å². The molecule has 1 aliphatic rings. The van der Waals surface area contributed by atoms with Crippen LogP contribution in [-0.2, 0) is 0 Å². The van der Waals surface area contributed by atoms with E-state index in [2.05, 4.69) is 22.5 Å². The third-order valence-electron chi connectivity index (χ3n) is 3.80. The normalized spacial score (nSPS) is 19.4. The van der Waals surface area contributed by atoms with E-state index in [1.165, 1.54) is 32.4 Å². The quantitative estimate of drug-likeness (QED) is 0.634. The molecule has 0 aromatic rings. The lowest BCUT2D eigenvalue weighted by Crippen LogP contribution is -2.44. The highest BCUT2D eigenvalue weighted by atomic mass is 16.3. The van der Waals surface area contributed by atoms with E-state index in [0.717, 1.165) is 25.9 Å². The minimum atomic E-state index is -0.0964. The molecule has 1 fully saturated rings. The van der Waals surface area contributed by atoms with Gasteiger partial charge in [-0.25, -0.2) is 4.79 Å². The van der Waals surface area contributed by atoms with Gasteiger partial charge in [-0.3, -0.25) is 0 Å². The van der Waals surface area contributed by atoms with Gasteiger partial charge in [-0.2, -0.15) is 0 Å². The maximum Gasteiger partial charge on any atom is 0.315 e. The van der Waals surface area contributed by atoms with Crippen LogP contribution in [0.15, 0.2) is 0 Å². The lowest BCUT2D eigenvalue weighted by atomic mass is 10.1. The van der Waals surface area contributed by atoms with Gasteiger partial charge in [-0.05, 0) is 51.6 Å². The minimum absolute atomic E-state index is 0.0964. The molecule has 0 aromatic carbocycles.